The van der Waals surface area contributed by atoms with Gasteiger partial charge in [0.05, 0.1) is 11.2 Å². The Balaban J connectivity index is 1.43. The Morgan fingerprint density at radius 3 is 2.75 bits per heavy atom. The van der Waals surface area contributed by atoms with Crippen LogP contribution in [0.2, 0.25) is 0 Å². The van der Waals surface area contributed by atoms with Gasteiger partial charge in [-0.05, 0) is 18.9 Å². The van der Waals surface area contributed by atoms with E-state index in [1.165, 1.54) is 19.2 Å². The Hall–Kier alpha value is -3.55. The van der Waals surface area contributed by atoms with Crippen LogP contribution in [0.1, 0.15) is 24.5 Å². The SMILES string of the molecule is Cn1nc(C2CC2)cc1NC(=O)Cn1nc(-c2cncnc2)c2ccccc21. The Morgan fingerprint density at radius 1 is 1.18 bits per heavy atom. The summed E-state index contributed by atoms with van der Waals surface area (Å²) in [5, 5.41) is 13.1. The smallest absolute Gasteiger partial charge is 0.247 e. The normalized spacial score (nSPS) is 13.8. The molecule has 0 spiro atoms. The van der Waals surface area contributed by atoms with Crippen molar-refractivity contribution < 1.29 is 4.79 Å². The van der Waals surface area contributed by atoms with Gasteiger partial charge in [0.1, 0.15) is 24.4 Å². The van der Waals surface area contributed by atoms with Gasteiger partial charge < -0.3 is 5.32 Å². The summed E-state index contributed by atoms with van der Waals surface area (Å²) >= 11 is 0. The maximum Gasteiger partial charge on any atom is 0.247 e. The van der Waals surface area contributed by atoms with Crippen molar-refractivity contribution in [3.8, 4) is 11.3 Å². The molecule has 1 aliphatic rings. The first-order chi connectivity index (χ1) is 13.7. The molecule has 3 aromatic heterocycles. The molecule has 1 N–H and O–H groups in total. The second-order valence-corrected chi connectivity index (χ2v) is 7.05. The molecule has 0 atom stereocenters. The highest BCUT2D eigenvalue weighted by Crippen LogP contribution is 2.39. The summed E-state index contributed by atoms with van der Waals surface area (Å²) in [6, 6.07) is 9.80. The van der Waals surface area contributed by atoms with Gasteiger partial charge in [-0.2, -0.15) is 10.2 Å². The van der Waals surface area contributed by atoms with E-state index in [1.54, 1.807) is 21.8 Å². The molecular weight excluding hydrogens is 354 g/mol. The summed E-state index contributed by atoms with van der Waals surface area (Å²) in [6.07, 6.45) is 7.29. The number of hydrogen-bond acceptors (Lipinski definition) is 5. The predicted octanol–water partition coefficient (Wildman–Crippen LogP) is 2.74. The molecule has 1 fully saturated rings. The average molecular weight is 373 g/mol. The first kappa shape index (κ1) is 16.6. The van der Waals surface area contributed by atoms with Crippen LogP contribution in [0.5, 0.6) is 0 Å². The second kappa shape index (κ2) is 6.56. The molecule has 0 aliphatic heterocycles. The van der Waals surface area contributed by atoms with Gasteiger partial charge in [-0.15, -0.1) is 0 Å². The molecular formula is C20H19N7O. The summed E-state index contributed by atoms with van der Waals surface area (Å²) in [6.45, 7) is 0.109. The van der Waals surface area contributed by atoms with Gasteiger partial charge in [0.25, 0.3) is 0 Å². The molecule has 8 nitrogen and oxygen atoms in total. The minimum Gasteiger partial charge on any atom is -0.309 e. The fourth-order valence-corrected chi connectivity index (χ4v) is 3.39. The van der Waals surface area contributed by atoms with Crippen LogP contribution in [0.3, 0.4) is 0 Å². The van der Waals surface area contributed by atoms with Crippen molar-refractivity contribution in [2.24, 2.45) is 7.05 Å². The summed E-state index contributed by atoms with van der Waals surface area (Å²) in [4.78, 5) is 20.8. The standard InChI is InChI=1S/C20H19N7O/c1-26-18(8-16(24-26)13-6-7-13)23-19(28)11-27-17-5-3-2-4-15(17)20(25-27)14-9-21-12-22-10-14/h2-5,8-10,12-13H,6-7,11H2,1H3,(H,23,28). The number of carbonyl (C=O) groups is 1. The summed E-state index contributed by atoms with van der Waals surface area (Å²) in [5.74, 6) is 1.11. The first-order valence-corrected chi connectivity index (χ1v) is 9.24. The Labute approximate surface area is 161 Å². The average Bonchev–Trinajstić information content (AvgIpc) is 3.42. The number of anilines is 1. The minimum absolute atomic E-state index is 0.109. The Bertz CT molecular complexity index is 1160. The van der Waals surface area contributed by atoms with Gasteiger partial charge >= 0.3 is 0 Å². The lowest BCUT2D eigenvalue weighted by atomic mass is 10.1. The molecule has 0 unspecified atom stereocenters. The van der Waals surface area contributed by atoms with Gasteiger partial charge in [0, 0.05) is 42.4 Å². The van der Waals surface area contributed by atoms with Crippen LogP contribution in [0.4, 0.5) is 5.82 Å². The first-order valence-electron chi connectivity index (χ1n) is 9.24. The van der Waals surface area contributed by atoms with Crippen LogP contribution in [-0.2, 0) is 18.4 Å². The lowest BCUT2D eigenvalue weighted by molar-refractivity contribution is -0.116. The maximum absolute atomic E-state index is 12.7. The highest BCUT2D eigenvalue weighted by Gasteiger charge is 2.27. The van der Waals surface area contributed by atoms with E-state index >= 15 is 0 Å². The third kappa shape index (κ3) is 3.02. The molecule has 1 aliphatic carbocycles. The minimum atomic E-state index is -0.144. The van der Waals surface area contributed by atoms with Gasteiger partial charge in [-0.25, -0.2) is 9.97 Å². The molecule has 0 saturated heterocycles. The molecule has 8 heteroatoms. The van der Waals surface area contributed by atoms with E-state index in [1.807, 2.05) is 37.4 Å². The van der Waals surface area contributed by atoms with Crippen molar-refractivity contribution in [2.45, 2.75) is 25.3 Å². The van der Waals surface area contributed by atoms with Crippen molar-refractivity contribution in [2.75, 3.05) is 5.32 Å². The van der Waals surface area contributed by atoms with Crippen molar-refractivity contribution in [3.63, 3.8) is 0 Å². The zero-order valence-electron chi connectivity index (χ0n) is 15.4. The molecule has 1 aromatic carbocycles. The van der Waals surface area contributed by atoms with Crippen LogP contribution in [0.15, 0.2) is 49.1 Å². The van der Waals surface area contributed by atoms with Crippen LogP contribution < -0.4 is 5.32 Å². The van der Waals surface area contributed by atoms with Gasteiger partial charge in [0.2, 0.25) is 5.91 Å². The highest BCUT2D eigenvalue weighted by atomic mass is 16.2. The quantitative estimate of drug-likeness (QED) is 0.581. The van der Waals surface area contributed by atoms with Crippen LogP contribution in [0, 0.1) is 0 Å². The van der Waals surface area contributed by atoms with Crippen LogP contribution >= 0.6 is 0 Å². The Morgan fingerprint density at radius 2 is 1.96 bits per heavy atom. The number of para-hydroxylation sites is 1. The number of benzene rings is 1. The number of hydrogen-bond donors (Lipinski definition) is 1. The van der Waals surface area contributed by atoms with Crippen molar-refractivity contribution in [3.05, 3.63) is 54.7 Å². The zero-order valence-corrected chi connectivity index (χ0v) is 15.4. The topological polar surface area (TPSA) is 90.5 Å². The molecule has 0 radical (unpaired) electrons. The van der Waals surface area contributed by atoms with Crippen molar-refractivity contribution in [1.82, 2.24) is 29.5 Å². The highest BCUT2D eigenvalue weighted by molar-refractivity contribution is 5.95. The molecule has 1 amide bonds. The summed E-state index contributed by atoms with van der Waals surface area (Å²) in [5.41, 5.74) is 3.52. The fraction of sp³-hybridized carbons (Fsp3) is 0.250. The third-order valence-corrected chi connectivity index (χ3v) is 4.95. The van der Waals surface area contributed by atoms with E-state index in [4.69, 9.17) is 0 Å². The van der Waals surface area contributed by atoms with E-state index in [0.29, 0.717) is 11.7 Å². The molecule has 4 aromatic rings. The largest absolute Gasteiger partial charge is 0.309 e. The van der Waals surface area contributed by atoms with Crippen molar-refractivity contribution in [1.29, 1.82) is 0 Å². The number of aryl methyl sites for hydroxylation is 1. The fourth-order valence-electron chi connectivity index (χ4n) is 3.39. The predicted molar refractivity (Wildman–Crippen MR) is 105 cm³/mol. The number of amides is 1. The van der Waals surface area contributed by atoms with E-state index < -0.39 is 0 Å². The number of aromatic nitrogens is 6. The van der Waals surface area contributed by atoms with Gasteiger partial charge in [-0.3, -0.25) is 14.2 Å². The summed E-state index contributed by atoms with van der Waals surface area (Å²) in [7, 11) is 1.85. The van der Waals surface area contributed by atoms with Crippen molar-refractivity contribution >= 4 is 22.6 Å². The number of nitrogens with one attached hydrogen (secondary N) is 1. The van der Waals surface area contributed by atoms with E-state index in [9.17, 15) is 4.79 Å². The molecule has 1 saturated carbocycles. The Kier molecular flexibility index (Phi) is 3.89. The monoisotopic (exact) mass is 373 g/mol. The van der Waals surface area contributed by atoms with E-state index in [2.05, 4.69) is 25.5 Å². The second-order valence-electron chi connectivity index (χ2n) is 7.05. The zero-order chi connectivity index (χ0) is 19.1. The van der Waals surface area contributed by atoms with E-state index in [0.717, 1.165) is 27.9 Å². The van der Waals surface area contributed by atoms with Gasteiger partial charge in [-0.1, -0.05) is 18.2 Å². The molecule has 28 heavy (non-hydrogen) atoms. The third-order valence-electron chi connectivity index (χ3n) is 4.95. The number of nitrogens with zero attached hydrogens (tertiary/aromatic N) is 6. The van der Waals surface area contributed by atoms with Gasteiger partial charge in [0.15, 0.2) is 0 Å². The molecule has 3 heterocycles. The number of carbonyl (C=O) groups excluding carboxylic acids is 1. The molecule has 5 rings (SSSR count). The lowest BCUT2D eigenvalue weighted by Crippen LogP contribution is -2.21. The summed E-state index contributed by atoms with van der Waals surface area (Å²) < 4.78 is 3.44. The van der Waals surface area contributed by atoms with Crippen LogP contribution in [-0.4, -0.2) is 35.4 Å². The number of fused-ring (bicyclic) bond motifs is 1. The molecule has 0 bridgehead atoms. The van der Waals surface area contributed by atoms with E-state index in [-0.39, 0.29) is 12.5 Å². The number of rotatable bonds is 5. The maximum atomic E-state index is 12.7. The van der Waals surface area contributed by atoms with Crippen LogP contribution in [0.25, 0.3) is 22.2 Å². The lowest BCUT2D eigenvalue weighted by Gasteiger charge is -2.06. The molecule has 140 valence electrons.